The van der Waals surface area contributed by atoms with Gasteiger partial charge < -0.3 is 16.2 Å². The Kier molecular flexibility index (Phi) is 3.40. The molecule has 0 fully saturated rings. The molecule has 76 valence electrons. The SMILES string of the molecule is CC(C)=CCOc1ccc(N)c(N)c1. The third kappa shape index (κ3) is 3.01. The van der Waals surface area contributed by atoms with Gasteiger partial charge in [0.15, 0.2) is 0 Å². The smallest absolute Gasteiger partial charge is 0.121 e. The number of rotatable bonds is 3. The average Bonchev–Trinajstić information content (AvgIpc) is 2.10. The minimum absolute atomic E-state index is 0.555. The third-order valence-electron chi connectivity index (χ3n) is 1.80. The van der Waals surface area contributed by atoms with E-state index in [4.69, 9.17) is 16.2 Å². The van der Waals surface area contributed by atoms with Crippen molar-refractivity contribution in [1.29, 1.82) is 0 Å². The average molecular weight is 192 g/mol. The van der Waals surface area contributed by atoms with Gasteiger partial charge in [-0.05, 0) is 32.1 Å². The summed E-state index contributed by atoms with van der Waals surface area (Å²) >= 11 is 0. The highest BCUT2D eigenvalue weighted by atomic mass is 16.5. The minimum atomic E-state index is 0.555. The Bertz CT molecular complexity index is 341. The summed E-state index contributed by atoms with van der Waals surface area (Å²) in [7, 11) is 0. The molecule has 3 nitrogen and oxygen atoms in total. The minimum Gasteiger partial charge on any atom is -0.489 e. The Morgan fingerprint density at radius 3 is 2.57 bits per heavy atom. The maximum absolute atomic E-state index is 5.63. The van der Waals surface area contributed by atoms with Crippen LogP contribution in [0.2, 0.25) is 0 Å². The molecule has 0 saturated heterocycles. The molecule has 1 aromatic rings. The first-order valence-electron chi connectivity index (χ1n) is 4.51. The fraction of sp³-hybridized carbons (Fsp3) is 0.273. The molecule has 0 amide bonds. The van der Waals surface area contributed by atoms with Gasteiger partial charge in [-0.15, -0.1) is 0 Å². The van der Waals surface area contributed by atoms with Crippen LogP contribution in [0.1, 0.15) is 13.8 Å². The van der Waals surface area contributed by atoms with E-state index in [-0.39, 0.29) is 0 Å². The zero-order chi connectivity index (χ0) is 10.6. The van der Waals surface area contributed by atoms with Gasteiger partial charge in [-0.3, -0.25) is 0 Å². The lowest BCUT2D eigenvalue weighted by Crippen LogP contribution is -1.98. The van der Waals surface area contributed by atoms with E-state index in [9.17, 15) is 0 Å². The van der Waals surface area contributed by atoms with Crippen molar-refractivity contribution in [2.75, 3.05) is 18.1 Å². The number of nitrogens with two attached hydrogens (primary N) is 2. The lowest BCUT2D eigenvalue weighted by Gasteiger charge is -2.05. The summed E-state index contributed by atoms with van der Waals surface area (Å²) in [6.45, 7) is 4.62. The van der Waals surface area contributed by atoms with E-state index in [1.165, 1.54) is 5.57 Å². The van der Waals surface area contributed by atoms with Gasteiger partial charge >= 0.3 is 0 Å². The van der Waals surface area contributed by atoms with Crippen LogP contribution in [0.25, 0.3) is 0 Å². The molecule has 1 aromatic carbocycles. The number of ether oxygens (including phenoxy) is 1. The lowest BCUT2D eigenvalue weighted by atomic mass is 10.2. The molecule has 0 unspecified atom stereocenters. The Morgan fingerprint density at radius 1 is 1.29 bits per heavy atom. The highest BCUT2D eigenvalue weighted by molar-refractivity contribution is 5.65. The standard InChI is InChI=1S/C11H16N2O/c1-8(2)5-6-14-9-3-4-10(12)11(13)7-9/h3-5,7H,6,12-13H2,1-2H3. The monoisotopic (exact) mass is 192 g/mol. The zero-order valence-corrected chi connectivity index (χ0v) is 8.58. The molecule has 0 heterocycles. The Labute approximate surface area is 84.4 Å². The summed E-state index contributed by atoms with van der Waals surface area (Å²) in [5.74, 6) is 0.745. The van der Waals surface area contributed by atoms with E-state index in [2.05, 4.69) is 0 Å². The largest absolute Gasteiger partial charge is 0.489 e. The van der Waals surface area contributed by atoms with Gasteiger partial charge in [-0.2, -0.15) is 0 Å². The normalized spacial score (nSPS) is 9.57. The summed E-state index contributed by atoms with van der Waals surface area (Å²) in [4.78, 5) is 0. The topological polar surface area (TPSA) is 61.3 Å². The molecule has 0 aliphatic heterocycles. The summed E-state index contributed by atoms with van der Waals surface area (Å²) in [5.41, 5.74) is 13.6. The molecule has 0 aliphatic rings. The fourth-order valence-electron chi connectivity index (χ4n) is 0.947. The first kappa shape index (κ1) is 10.4. The van der Waals surface area contributed by atoms with Crippen LogP contribution in [0.4, 0.5) is 11.4 Å². The number of hydrogen-bond acceptors (Lipinski definition) is 3. The van der Waals surface area contributed by atoms with Crippen LogP contribution in [-0.2, 0) is 0 Å². The number of hydrogen-bond donors (Lipinski definition) is 2. The van der Waals surface area contributed by atoms with Crippen molar-refractivity contribution < 1.29 is 4.74 Å². The lowest BCUT2D eigenvalue weighted by molar-refractivity contribution is 0.362. The molecule has 0 atom stereocenters. The molecular formula is C11H16N2O. The van der Waals surface area contributed by atoms with Crippen LogP contribution in [0.3, 0.4) is 0 Å². The van der Waals surface area contributed by atoms with Crippen LogP contribution < -0.4 is 16.2 Å². The number of nitrogen functional groups attached to an aromatic ring is 2. The molecule has 4 N–H and O–H groups in total. The second kappa shape index (κ2) is 4.56. The molecule has 0 spiro atoms. The van der Waals surface area contributed by atoms with Crippen LogP contribution in [0.15, 0.2) is 29.8 Å². The number of benzene rings is 1. The van der Waals surface area contributed by atoms with Crippen LogP contribution in [0, 0.1) is 0 Å². The van der Waals surface area contributed by atoms with E-state index in [0.717, 1.165) is 5.75 Å². The highest BCUT2D eigenvalue weighted by Crippen LogP contribution is 2.21. The Morgan fingerprint density at radius 2 is 2.00 bits per heavy atom. The number of anilines is 2. The molecule has 0 radical (unpaired) electrons. The maximum Gasteiger partial charge on any atom is 0.121 e. The molecule has 1 rings (SSSR count). The predicted molar refractivity (Wildman–Crippen MR) is 60.2 cm³/mol. The van der Waals surface area contributed by atoms with Crippen LogP contribution >= 0.6 is 0 Å². The summed E-state index contributed by atoms with van der Waals surface area (Å²) in [6.07, 6.45) is 2.01. The molecular weight excluding hydrogens is 176 g/mol. The number of allylic oxidation sites excluding steroid dienone is 1. The van der Waals surface area contributed by atoms with Crippen molar-refractivity contribution in [2.24, 2.45) is 0 Å². The molecule has 0 saturated carbocycles. The quantitative estimate of drug-likeness (QED) is 0.570. The summed E-state index contributed by atoms with van der Waals surface area (Å²) in [5, 5.41) is 0. The van der Waals surface area contributed by atoms with Gasteiger partial charge in [0.1, 0.15) is 12.4 Å². The van der Waals surface area contributed by atoms with Gasteiger partial charge in [-0.1, -0.05) is 5.57 Å². The van der Waals surface area contributed by atoms with Crippen molar-refractivity contribution >= 4 is 11.4 Å². The van der Waals surface area contributed by atoms with Crippen LogP contribution in [0.5, 0.6) is 5.75 Å². The van der Waals surface area contributed by atoms with E-state index < -0.39 is 0 Å². The van der Waals surface area contributed by atoms with E-state index in [1.807, 2.05) is 26.0 Å². The van der Waals surface area contributed by atoms with Crippen molar-refractivity contribution in [3.8, 4) is 5.75 Å². The van der Waals surface area contributed by atoms with E-state index in [0.29, 0.717) is 18.0 Å². The molecule has 0 aromatic heterocycles. The fourth-order valence-corrected chi connectivity index (χ4v) is 0.947. The molecule has 3 heteroatoms. The first-order valence-corrected chi connectivity index (χ1v) is 4.51. The second-order valence-corrected chi connectivity index (χ2v) is 3.38. The Hall–Kier alpha value is -1.64. The molecule has 0 aliphatic carbocycles. The zero-order valence-electron chi connectivity index (χ0n) is 8.58. The molecule has 0 bridgehead atoms. The van der Waals surface area contributed by atoms with Gasteiger partial charge in [0.2, 0.25) is 0 Å². The first-order chi connectivity index (χ1) is 6.59. The summed E-state index contributed by atoms with van der Waals surface area (Å²) < 4.78 is 5.44. The van der Waals surface area contributed by atoms with Crippen LogP contribution in [-0.4, -0.2) is 6.61 Å². The highest BCUT2D eigenvalue weighted by Gasteiger charge is 1.96. The van der Waals surface area contributed by atoms with Crippen molar-refractivity contribution in [3.63, 3.8) is 0 Å². The van der Waals surface area contributed by atoms with E-state index in [1.54, 1.807) is 12.1 Å². The van der Waals surface area contributed by atoms with E-state index >= 15 is 0 Å². The van der Waals surface area contributed by atoms with Gasteiger partial charge in [0.05, 0.1) is 11.4 Å². The van der Waals surface area contributed by atoms with Gasteiger partial charge in [0.25, 0.3) is 0 Å². The third-order valence-corrected chi connectivity index (χ3v) is 1.80. The molecule has 14 heavy (non-hydrogen) atoms. The van der Waals surface area contributed by atoms with Crippen molar-refractivity contribution in [3.05, 3.63) is 29.8 Å². The predicted octanol–water partition coefficient (Wildman–Crippen LogP) is 2.20. The second-order valence-electron chi connectivity index (χ2n) is 3.38. The van der Waals surface area contributed by atoms with Crippen molar-refractivity contribution in [1.82, 2.24) is 0 Å². The maximum atomic E-state index is 5.63. The van der Waals surface area contributed by atoms with Gasteiger partial charge in [0, 0.05) is 6.07 Å². The van der Waals surface area contributed by atoms with Crippen molar-refractivity contribution in [2.45, 2.75) is 13.8 Å². The van der Waals surface area contributed by atoms with Gasteiger partial charge in [-0.25, -0.2) is 0 Å². The Balaban J connectivity index is 2.60. The summed E-state index contributed by atoms with van der Waals surface area (Å²) in [6, 6.07) is 5.28.